The number of nitrogens with one attached hydrogen (secondary N) is 3. The molecule has 94 valence electrons. The molecule has 0 aliphatic heterocycles. The summed E-state index contributed by atoms with van der Waals surface area (Å²) in [6.07, 6.45) is 0. The molecule has 0 radical (unpaired) electrons. The second-order valence-corrected chi connectivity index (χ2v) is 4.28. The van der Waals surface area contributed by atoms with Crippen molar-refractivity contribution in [3.05, 3.63) is 40.7 Å². The van der Waals surface area contributed by atoms with E-state index in [9.17, 15) is 4.79 Å². The summed E-state index contributed by atoms with van der Waals surface area (Å²) in [5, 5.41) is 12.7. The third-order valence-electron chi connectivity index (χ3n) is 2.49. The first-order valence-corrected chi connectivity index (χ1v) is 5.80. The maximum atomic E-state index is 11.8. The maximum Gasteiger partial charge on any atom is 0.323 e. The Bertz CT molecular complexity index is 560. The lowest BCUT2D eigenvalue weighted by molar-refractivity contribution is 0.262. The summed E-state index contributed by atoms with van der Waals surface area (Å²) in [7, 11) is 0. The van der Waals surface area contributed by atoms with Crippen LogP contribution in [0.3, 0.4) is 0 Å². The van der Waals surface area contributed by atoms with Crippen molar-refractivity contribution in [3.8, 4) is 0 Å². The number of H-pyrrole nitrogens is 1. The molecule has 0 unspecified atom stereocenters. The molecule has 2 rings (SSSR count). The molecule has 2 aromatic rings. The van der Waals surface area contributed by atoms with Crippen molar-refractivity contribution < 1.29 is 4.79 Å². The molecule has 3 N–H and O–H groups in total. The summed E-state index contributed by atoms with van der Waals surface area (Å²) in [5.74, 6) is 0. The van der Waals surface area contributed by atoms with Crippen LogP contribution in [0.1, 0.15) is 11.4 Å². The van der Waals surface area contributed by atoms with Gasteiger partial charge in [0.15, 0.2) is 0 Å². The van der Waals surface area contributed by atoms with Gasteiger partial charge in [-0.2, -0.15) is 5.10 Å². The molecule has 0 aliphatic carbocycles. The number of hydrogen-bond donors (Lipinski definition) is 3. The molecule has 18 heavy (non-hydrogen) atoms. The van der Waals surface area contributed by atoms with E-state index in [0.29, 0.717) is 16.4 Å². The highest BCUT2D eigenvalue weighted by Crippen LogP contribution is 2.21. The summed E-state index contributed by atoms with van der Waals surface area (Å²) in [6, 6.07) is 6.70. The number of carbonyl (C=O) groups is 1. The van der Waals surface area contributed by atoms with Gasteiger partial charge in [0.2, 0.25) is 0 Å². The van der Waals surface area contributed by atoms with Crippen LogP contribution in [-0.4, -0.2) is 16.2 Å². The Kier molecular flexibility index (Phi) is 3.53. The van der Waals surface area contributed by atoms with E-state index in [1.165, 1.54) is 0 Å². The molecular weight excluding hydrogens is 252 g/mol. The van der Waals surface area contributed by atoms with Gasteiger partial charge in [-0.15, -0.1) is 0 Å². The molecule has 1 aromatic heterocycles. The van der Waals surface area contributed by atoms with Crippen molar-refractivity contribution in [2.45, 2.75) is 13.8 Å². The number of carbonyl (C=O) groups excluding carboxylic acids is 1. The van der Waals surface area contributed by atoms with Gasteiger partial charge in [0.05, 0.1) is 27.8 Å². The first kappa shape index (κ1) is 12.4. The number of para-hydroxylation sites is 1. The van der Waals surface area contributed by atoms with Crippen molar-refractivity contribution in [3.63, 3.8) is 0 Å². The normalized spacial score (nSPS) is 10.2. The molecule has 0 bridgehead atoms. The summed E-state index contributed by atoms with van der Waals surface area (Å²) in [5.41, 5.74) is 2.79. The van der Waals surface area contributed by atoms with Gasteiger partial charge >= 0.3 is 6.03 Å². The van der Waals surface area contributed by atoms with Crippen LogP contribution in [0, 0.1) is 13.8 Å². The number of aromatic nitrogens is 2. The zero-order valence-electron chi connectivity index (χ0n) is 10.0. The molecule has 0 fully saturated rings. The van der Waals surface area contributed by atoms with Gasteiger partial charge in [0, 0.05) is 0 Å². The standard InChI is InChI=1S/C12H13ClN4O/c1-7-11(8(2)17-16-7)15-12(18)14-10-6-4-3-5-9(10)13/h3-6H,1-2H3,(H,16,17)(H2,14,15,18). The quantitative estimate of drug-likeness (QED) is 0.779. The predicted molar refractivity (Wildman–Crippen MR) is 72.2 cm³/mol. The third-order valence-corrected chi connectivity index (χ3v) is 2.82. The largest absolute Gasteiger partial charge is 0.323 e. The monoisotopic (exact) mass is 264 g/mol. The van der Waals surface area contributed by atoms with Gasteiger partial charge in [0.1, 0.15) is 0 Å². The van der Waals surface area contributed by atoms with E-state index in [-0.39, 0.29) is 6.03 Å². The Balaban J connectivity index is 2.08. The molecule has 0 aliphatic rings. The Hall–Kier alpha value is -2.01. The Morgan fingerprint density at radius 1 is 1.28 bits per heavy atom. The highest BCUT2D eigenvalue weighted by Gasteiger charge is 2.10. The molecule has 0 saturated carbocycles. The van der Waals surface area contributed by atoms with E-state index in [0.717, 1.165) is 11.4 Å². The number of anilines is 2. The second kappa shape index (κ2) is 5.10. The molecule has 0 spiro atoms. The van der Waals surface area contributed by atoms with Gasteiger partial charge < -0.3 is 10.6 Å². The van der Waals surface area contributed by atoms with Crippen molar-refractivity contribution in [2.24, 2.45) is 0 Å². The second-order valence-electron chi connectivity index (χ2n) is 3.87. The van der Waals surface area contributed by atoms with E-state index < -0.39 is 0 Å². The zero-order valence-corrected chi connectivity index (χ0v) is 10.8. The molecule has 0 atom stereocenters. The fourth-order valence-corrected chi connectivity index (χ4v) is 1.75. The van der Waals surface area contributed by atoms with Crippen LogP contribution < -0.4 is 10.6 Å². The fraction of sp³-hybridized carbons (Fsp3) is 0.167. The summed E-state index contributed by atoms with van der Waals surface area (Å²) in [6.45, 7) is 3.65. The molecule has 1 heterocycles. The molecule has 2 amide bonds. The van der Waals surface area contributed by atoms with Crippen molar-refractivity contribution >= 4 is 29.0 Å². The van der Waals surface area contributed by atoms with E-state index in [2.05, 4.69) is 20.8 Å². The van der Waals surface area contributed by atoms with Crippen LogP contribution >= 0.6 is 11.6 Å². The number of urea groups is 1. The zero-order chi connectivity index (χ0) is 13.1. The Morgan fingerprint density at radius 2 is 2.00 bits per heavy atom. The van der Waals surface area contributed by atoms with Crippen LogP contribution in [0.15, 0.2) is 24.3 Å². The highest BCUT2D eigenvalue weighted by molar-refractivity contribution is 6.33. The Morgan fingerprint density at radius 3 is 2.61 bits per heavy atom. The minimum Gasteiger partial charge on any atom is -0.306 e. The minimum absolute atomic E-state index is 0.351. The lowest BCUT2D eigenvalue weighted by atomic mass is 10.3. The number of nitrogens with zero attached hydrogens (tertiary/aromatic N) is 1. The maximum absolute atomic E-state index is 11.8. The van der Waals surface area contributed by atoms with Gasteiger partial charge in [-0.1, -0.05) is 23.7 Å². The van der Waals surface area contributed by atoms with Gasteiger partial charge in [0.25, 0.3) is 0 Å². The number of amides is 2. The minimum atomic E-state index is -0.351. The Labute approximate surface area is 110 Å². The van der Waals surface area contributed by atoms with Crippen LogP contribution in [-0.2, 0) is 0 Å². The number of aromatic amines is 1. The average molecular weight is 265 g/mol. The van der Waals surface area contributed by atoms with Crippen LogP contribution in [0.4, 0.5) is 16.2 Å². The SMILES string of the molecule is Cc1n[nH]c(C)c1NC(=O)Nc1ccccc1Cl. The molecule has 5 nitrogen and oxygen atoms in total. The highest BCUT2D eigenvalue weighted by atomic mass is 35.5. The topological polar surface area (TPSA) is 69.8 Å². The number of aryl methyl sites for hydroxylation is 2. The number of hydrogen-bond acceptors (Lipinski definition) is 2. The lowest BCUT2D eigenvalue weighted by Crippen LogP contribution is -2.20. The van der Waals surface area contributed by atoms with Gasteiger partial charge in [-0.3, -0.25) is 5.10 Å². The fourth-order valence-electron chi connectivity index (χ4n) is 1.56. The van der Waals surface area contributed by atoms with E-state index in [1.54, 1.807) is 24.3 Å². The number of rotatable bonds is 2. The third kappa shape index (κ3) is 2.62. The van der Waals surface area contributed by atoms with Crippen LogP contribution in [0.5, 0.6) is 0 Å². The lowest BCUT2D eigenvalue weighted by Gasteiger charge is -2.08. The molecular formula is C12H13ClN4O. The van der Waals surface area contributed by atoms with E-state index in [4.69, 9.17) is 11.6 Å². The molecule has 1 aromatic carbocycles. The summed E-state index contributed by atoms with van der Waals surface area (Å²) >= 11 is 5.95. The number of halogens is 1. The first-order chi connectivity index (χ1) is 8.58. The molecule has 6 heteroatoms. The van der Waals surface area contributed by atoms with Crippen LogP contribution in [0.2, 0.25) is 5.02 Å². The van der Waals surface area contributed by atoms with E-state index in [1.807, 2.05) is 13.8 Å². The van der Waals surface area contributed by atoms with Crippen molar-refractivity contribution in [1.82, 2.24) is 10.2 Å². The predicted octanol–water partition coefficient (Wildman–Crippen LogP) is 3.32. The van der Waals surface area contributed by atoms with Crippen molar-refractivity contribution in [2.75, 3.05) is 10.6 Å². The average Bonchev–Trinajstić information content (AvgIpc) is 2.64. The summed E-state index contributed by atoms with van der Waals surface area (Å²) in [4.78, 5) is 11.8. The van der Waals surface area contributed by atoms with E-state index >= 15 is 0 Å². The van der Waals surface area contributed by atoms with Gasteiger partial charge in [-0.05, 0) is 26.0 Å². The molecule has 0 saturated heterocycles. The number of benzene rings is 1. The first-order valence-electron chi connectivity index (χ1n) is 5.42. The smallest absolute Gasteiger partial charge is 0.306 e. The van der Waals surface area contributed by atoms with Crippen molar-refractivity contribution in [1.29, 1.82) is 0 Å². The van der Waals surface area contributed by atoms with Crippen LogP contribution in [0.25, 0.3) is 0 Å². The summed E-state index contributed by atoms with van der Waals surface area (Å²) < 4.78 is 0. The van der Waals surface area contributed by atoms with Gasteiger partial charge in [-0.25, -0.2) is 4.79 Å².